The lowest BCUT2D eigenvalue weighted by atomic mass is 10.0. The number of rotatable bonds is 11. The van der Waals surface area contributed by atoms with Crippen LogP contribution in [0.1, 0.15) is 0 Å². The maximum Gasteiger partial charge on any atom is 0.187 e. The molecule has 3 aliphatic rings. The molecule has 0 spiro atoms. The molecule has 35 heavy (non-hydrogen) atoms. The summed E-state index contributed by atoms with van der Waals surface area (Å²) >= 11 is 0. The second-order valence-corrected chi connectivity index (χ2v) is 8.45. The number of hydrogen-bond acceptors (Lipinski definition) is 13. The molecule has 3 aliphatic heterocycles. The van der Waals surface area contributed by atoms with Crippen LogP contribution in [0, 0.1) is 0 Å². The predicted molar refractivity (Wildman–Crippen MR) is 117 cm³/mol. The van der Waals surface area contributed by atoms with Gasteiger partial charge in [0.15, 0.2) is 18.9 Å². The quantitative estimate of drug-likeness (QED) is 0.361. The summed E-state index contributed by atoms with van der Waals surface area (Å²) in [7, 11) is 10.8. The molecule has 0 saturated carbocycles. The molecule has 0 amide bonds. The van der Waals surface area contributed by atoms with E-state index in [1.54, 1.807) is 28.4 Å². The summed E-state index contributed by atoms with van der Waals surface area (Å²) in [5.41, 5.74) is 0. The molecule has 12 atom stereocenters. The van der Waals surface area contributed by atoms with Gasteiger partial charge in [0.2, 0.25) is 0 Å². The first-order valence-corrected chi connectivity index (χ1v) is 11.5. The van der Waals surface area contributed by atoms with Gasteiger partial charge in [-0.15, -0.1) is 0 Å². The summed E-state index contributed by atoms with van der Waals surface area (Å²) in [5, 5.41) is 10.1. The summed E-state index contributed by atoms with van der Waals surface area (Å²) in [4.78, 5) is 0. The molecule has 12 unspecified atom stereocenters. The minimum atomic E-state index is -1.14. The normalized spacial score (nSPS) is 44.9. The Morgan fingerprint density at radius 3 is 1.40 bits per heavy atom. The van der Waals surface area contributed by atoms with Crippen molar-refractivity contribution in [2.75, 3.05) is 69.6 Å². The van der Waals surface area contributed by atoms with Gasteiger partial charge in [-0.2, -0.15) is 0 Å². The number of aliphatic hydroxyl groups excluding tert-OH is 1. The van der Waals surface area contributed by atoms with E-state index in [0.29, 0.717) is 0 Å². The maximum absolute atomic E-state index is 10.1. The van der Waals surface area contributed by atoms with Gasteiger partial charge in [0.1, 0.15) is 54.9 Å². The highest BCUT2D eigenvalue weighted by atomic mass is 16.8. The molecule has 0 aromatic heterocycles. The largest absolute Gasteiger partial charge is 0.376 e. The molecule has 0 radical (unpaired) electrons. The first kappa shape index (κ1) is 29.0. The van der Waals surface area contributed by atoms with Gasteiger partial charge in [0.05, 0.1) is 19.8 Å². The molecule has 3 saturated heterocycles. The maximum atomic E-state index is 10.1. The predicted octanol–water partition coefficient (Wildman–Crippen LogP) is -1.08. The fourth-order valence-electron chi connectivity index (χ4n) is 4.81. The van der Waals surface area contributed by atoms with Crippen molar-refractivity contribution in [2.45, 2.75) is 73.8 Å². The Morgan fingerprint density at radius 1 is 0.457 bits per heavy atom. The van der Waals surface area contributed by atoms with Crippen molar-refractivity contribution in [1.82, 2.24) is 0 Å². The Morgan fingerprint density at radius 2 is 0.886 bits per heavy atom. The zero-order valence-electron chi connectivity index (χ0n) is 21.4. The van der Waals surface area contributed by atoms with Crippen LogP contribution < -0.4 is 0 Å². The van der Waals surface area contributed by atoms with Crippen molar-refractivity contribution in [2.24, 2.45) is 0 Å². The van der Waals surface area contributed by atoms with Crippen LogP contribution in [0.4, 0.5) is 0 Å². The fourth-order valence-corrected chi connectivity index (χ4v) is 4.81. The van der Waals surface area contributed by atoms with Crippen LogP contribution in [-0.2, 0) is 56.8 Å². The molecule has 0 aliphatic carbocycles. The smallest absolute Gasteiger partial charge is 0.187 e. The van der Waals surface area contributed by atoms with E-state index in [0.717, 1.165) is 0 Å². The summed E-state index contributed by atoms with van der Waals surface area (Å²) in [6.45, 7) is 0.500. The van der Waals surface area contributed by atoms with Gasteiger partial charge in [-0.05, 0) is 0 Å². The summed E-state index contributed by atoms with van der Waals surface area (Å²) in [6, 6.07) is 0. The van der Waals surface area contributed by atoms with Crippen LogP contribution in [0.3, 0.4) is 0 Å². The summed E-state index contributed by atoms with van der Waals surface area (Å²) in [5.74, 6) is 0. The van der Waals surface area contributed by atoms with Crippen molar-refractivity contribution in [3.8, 4) is 0 Å². The molecule has 0 aromatic rings. The van der Waals surface area contributed by atoms with Gasteiger partial charge in [0, 0.05) is 49.8 Å². The lowest BCUT2D eigenvalue weighted by molar-refractivity contribution is -0.359. The van der Waals surface area contributed by atoms with Gasteiger partial charge in [-0.25, -0.2) is 0 Å². The van der Waals surface area contributed by atoms with E-state index in [-0.39, 0.29) is 25.9 Å². The standard InChI is InChI=1S/C22H40O13/c1-24-11-8-33-22(18(29-6)14(11)26-3)35-16-12(25-2)9-32-21(19(16)30-7)34-13-10-31-20(23)17(28-5)15(13)27-4/h11-23H,8-10H2,1-7H3. The topological polar surface area (TPSA) is 131 Å². The zero-order valence-corrected chi connectivity index (χ0v) is 21.4. The molecule has 0 aromatic carbocycles. The van der Waals surface area contributed by atoms with E-state index in [4.69, 9.17) is 56.8 Å². The number of aliphatic hydroxyl groups is 1. The Balaban J connectivity index is 1.76. The molecule has 0 bridgehead atoms. The van der Waals surface area contributed by atoms with Gasteiger partial charge in [-0.1, -0.05) is 0 Å². The third-order valence-electron chi connectivity index (χ3n) is 6.74. The first-order valence-electron chi connectivity index (χ1n) is 11.5. The van der Waals surface area contributed by atoms with Crippen LogP contribution in [-0.4, -0.2) is 149 Å². The van der Waals surface area contributed by atoms with Crippen molar-refractivity contribution in [3.63, 3.8) is 0 Å². The molecule has 3 heterocycles. The Hall–Kier alpha value is -0.520. The van der Waals surface area contributed by atoms with Crippen LogP contribution in [0.25, 0.3) is 0 Å². The third-order valence-corrected chi connectivity index (χ3v) is 6.74. The minimum Gasteiger partial charge on any atom is -0.376 e. The van der Waals surface area contributed by atoms with Gasteiger partial charge >= 0.3 is 0 Å². The molecular weight excluding hydrogens is 472 g/mol. The molecule has 13 heteroatoms. The lowest BCUT2D eigenvalue weighted by Crippen LogP contribution is -2.63. The fraction of sp³-hybridized carbons (Fsp3) is 1.00. The van der Waals surface area contributed by atoms with Crippen molar-refractivity contribution >= 4 is 0 Å². The van der Waals surface area contributed by atoms with Gasteiger partial charge in [-0.3, -0.25) is 0 Å². The third kappa shape index (κ3) is 6.32. The molecule has 13 nitrogen and oxygen atoms in total. The monoisotopic (exact) mass is 512 g/mol. The second-order valence-electron chi connectivity index (χ2n) is 8.45. The van der Waals surface area contributed by atoms with Crippen molar-refractivity contribution in [1.29, 1.82) is 0 Å². The number of methoxy groups -OCH3 is 7. The van der Waals surface area contributed by atoms with E-state index in [2.05, 4.69) is 0 Å². The molecular formula is C22H40O13. The lowest BCUT2D eigenvalue weighted by Gasteiger charge is -2.47. The first-order chi connectivity index (χ1) is 17.0. The van der Waals surface area contributed by atoms with Crippen LogP contribution in [0.2, 0.25) is 0 Å². The summed E-state index contributed by atoms with van der Waals surface area (Å²) < 4.78 is 68.9. The van der Waals surface area contributed by atoms with Crippen LogP contribution in [0.15, 0.2) is 0 Å². The Bertz CT molecular complexity index is 612. The van der Waals surface area contributed by atoms with Crippen LogP contribution in [0.5, 0.6) is 0 Å². The van der Waals surface area contributed by atoms with Crippen molar-refractivity contribution < 1.29 is 61.9 Å². The van der Waals surface area contributed by atoms with E-state index in [9.17, 15) is 5.11 Å². The Labute approximate surface area is 206 Å². The highest BCUT2D eigenvalue weighted by Crippen LogP contribution is 2.31. The summed E-state index contributed by atoms with van der Waals surface area (Å²) in [6.07, 6.45) is -7.82. The molecule has 3 fully saturated rings. The van der Waals surface area contributed by atoms with Crippen LogP contribution >= 0.6 is 0 Å². The molecule has 1 N–H and O–H groups in total. The average Bonchev–Trinajstić information content (AvgIpc) is 2.88. The van der Waals surface area contributed by atoms with E-state index < -0.39 is 67.7 Å². The highest BCUT2D eigenvalue weighted by Gasteiger charge is 2.50. The van der Waals surface area contributed by atoms with Gasteiger partial charge in [0.25, 0.3) is 0 Å². The van der Waals surface area contributed by atoms with Crippen molar-refractivity contribution in [3.05, 3.63) is 0 Å². The van der Waals surface area contributed by atoms with E-state index in [1.165, 1.54) is 21.3 Å². The highest BCUT2D eigenvalue weighted by molar-refractivity contribution is 4.93. The Kier molecular flexibility index (Phi) is 11.5. The zero-order chi connectivity index (χ0) is 25.5. The SMILES string of the molecule is COC1COC(OC2C(OC)COC(OC3COC(O)C(OC)C3OC)C2OC)C(OC)C1OC. The number of ether oxygens (including phenoxy) is 12. The van der Waals surface area contributed by atoms with Gasteiger partial charge < -0.3 is 61.9 Å². The molecule has 206 valence electrons. The minimum absolute atomic E-state index is 0.0699. The van der Waals surface area contributed by atoms with E-state index >= 15 is 0 Å². The average molecular weight is 513 g/mol. The van der Waals surface area contributed by atoms with E-state index in [1.807, 2.05) is 0 Å². The number of hydrogen-bond donors (Lipinski definition) is 1. The second kappa shape index (κ2) is 13.9. The molecule has 3 rings (SSSR count).